The lowest BCUT2D eigenvalue weighted by Crippen LogP contribution is -2.20. The fraction of sp³-hybridized carbons (Fsp3) is 0.364. The molecule has 0 aliphatic heterocycles. The number of nitrogens with zero attached hydrogens (tertiary/aromatic N) is 4. The highest BCUT2D eigenvalue weighted by Crippen LogP contribution is 2.29. The number of thioether (sulfide) groups is 1. The number of rotatable bonds is 8. The Morgan fingerprint density at radius 3 is 2.57 bits per heavy atom. The summed E-state index contributed by atoms with van der Waals surface area (Å²) in [4.78, 5) is 16.7. The van der Waals surface area contributed by atoms with Gasteiger partial charge in [0.1, 0.15) is 0 Å². The van der Waals surface area contributed by atoms with Gasteiger partial charge in [-0.15, -0.1) is 10.2 Å². The Labute approximate surface area is 181 Å². The second-order valence-corrected chi connectivity index (χ2v) is 8.76. The van der Waals surface area contributed by atoms with Crippen molar-refractivity contribution in [1.82, 2.24) is 19.7 Å². The van der Waals surface area contributed by atoms with E-state index in [0.29, 0.717) is 18.3 Å². The van der Waals surface area contributed by atoms with E-state index >= 15 is 0 Å². The van der Waals surface area contributed by atoms with Gasteiger partial charge in [-0.3, -0.25) is 14.3 Å². The Balaban J connectivity index is 1.73. The molecule has 0 aliphatic rings. The summed E-state index contributed by atoms with van der Waals surface area (Å²) in [5.41, 5.74) is 2.81. The van der Waals surface area contributed by atoms with Crippen molar-refractivity contribution in [2.75, 3.05) is 24.8 Å². The molecule has 8 heteroatoms. The zero-order valence-electron chi connectivity index (χ0n) is 17.8. The molecule has 0 bridgehead atoms. The first kappa shape index (κ1) is 22.0. The van der Waals surface area contributed by atoms with Crippen molar-refractivity contribution < 1.29 is 9.53 Å². The molecule has 1 N–H and O–H groups in total. The van der Waals surface area contributed by atoms with Crippen LogP contribution in [0.4, 0.5) is 5.69 Å². The normalized spacial score (nSPS) is 11.5. The lowest BCUT2D eigenvalue weighted by molar-refractivity contribution is -0.113. The van der Waals surface area contributed by atoms with Gasteiger partial charge < -0.3 is 10.1 Å². The predicted octanol–water partition coefficient (Wildman–Crippen LogP) is 4.01. The summed E-state index contributed by atoms with van der Waals surface area (Å²) in [7, 11) is 1.66. The van der Waals surface area contributed by atoms with Crippen LogP contribution in [0, 0.1) is 0 Å². The summed E-state index contributed by atoms with van der Waals surface area (Å²) in [5.74, 6) is 0.888. The van der Waals surface area contributed by atoms with Crippen LogP contribution < -0.4 is 5.32 Å². The minimum absolute atomic E-state index is 0.0587. The zero-order chi connectivity index (χ0) is 21.6. The highest BCUT2D eigenvalue weighted by molar-refractivity contribution is 7.99. The van der Waals surface area contributed by atoms with E-state index in [9.17, 15) is 4.79 Å². The molecule has 2 aromatic heterocycles. The van der Waals surface area contributed by atoms with Gasteiger partial charge in [-0.25, -0.2) is 0 Å². The monoisotopic (exact) mass is 425 g/mol. The van der Waals surface area contributed by atoms with Crippen LogP contribution in [-0.2, 0) is 21.5 Å². The summed E-state index contributed by atoms with van der Waals surface area (Å²) in [5, 5.41) is 12.3. The number of aromatic nitrogens is 4. The number of ether oxygens (including phenoxy) is 1. The fourth-order valence-corrected chi connectivity index (χ4v) is 3.82. The van der Waals surface area contributed by atoms with Gasteiger partial charge in [0.2, 0.25) is 5.91 Å². The van der Waals surface area contributed by atoms with E-state index in [1.807, 2.05) is 41.0 Å². The van der Waals surface area contributed by atoms with Crippen LogP contribution in [0.15, 0.2) is 53.9 Å². The predicted molar refractivity (Wildman–Crippen MR) is 120 cm³/mol. The van der Waals surface area contributed by atoms with Crippen LogP contribution in [0.5, 0.6) is 0 Å². The van der Waals surface area contributed by atoms with E-state index in [1.165, 1.54) is 11.8 Å². The fourth-order valence-electron chi connectivity index (χ4n) is 3.06. The highest BCUT2D eigenvalue weighted by Gasteiger charge is 2.19. The van der Waals surface area contributed by atoms with Crippen molar-refractivity contribution in [3.8, 4) is 11.4 Å². The molecule has 3 aromatic rings. The maximum Gasteiger partial charge on any atom is 0.234 e. The lowest BCUT2D eigenvalue weighted by atomic mass is 9.86. The van der Waals surface area contributed by atoms with E-state index in [1.54, 1.807) is 19.5 Å². The van der Waals surface area contributed by atoms with Crippen LogP contribution in [0.3, 0.4) is 0 Å². The molecule has 0 atom stereocenters. The zero-order valence-corrected chi connectivity index (χ0v) is 18.6. The molecule has 0 spiro atoms. The molecule has 2 heterocycles. The van der Waals surface area contributed by atoms with Crippen LogP contribution in [0.1, 0.15) is 26.3 Å². The molecule has 3 rings (SSSR count). The summed E-state index contributed by atoms with van der Waals surface area (Å²) in [6.07, 6.45) is 3.44. The largest absolute Gasteiger partial charge is 0.383 e. The first-order valence-electron chi connectivity index (χ1n) is 9.75. The van der Waals surface area contributed by atoms with Gasteiger partial charge >= 0.3 is 0 Å². The number of carbonyl (C=O) groups is 1. The van der Waals surface area contributed by atoms with Crippen molar-refractivity contribution in [2.24, 2.45) is 0 Å². The third kappa shape index (κ3) is 5.46. The number of benzene rings is 1. The smallest absolute Gasteiger partial charge is 0.234 e. The molecule has 30 heavy (non-hydrogen) atoms. The summed E-state index contributed by atoms with van der Waals surface area (Å²) in [6.45, 7) is 7.51. The Morgan fingerprint density at radius 2 is 1.87 bits per heavy atom. The summed E-state index contributed by atoms with van der Waals surface area (Å²) < 4.78 is 7.21. The van der Waals surface area contributed by atoms with Gasteiger partial charge in [0.15, 0.2) is 11.0 Å². The standard InChI is InChI=1S/C22H27N5O2S/c1-22(2,3)17-7-5-6-8-18(17)24-19(28)15-30-21-26-25-20(27(21)13-14-29-4)16-9-11-23-12-10-16/h5-12H,13-15H2,1-4H3,(H,24,28). The topological polar surface area (TPSA) is 81.9 Å². The van der Waals surface area contributed by atoms with Crippen molar-refractivity contribution in [3.63, 3.8) is 0 Å². The number of carbonyl (C=O) groups excluding carboxylic acids is 1. The van der Waals surface area contributed by atoms with Gasteiger partial charge in [0.05, 0.1) is 18.9 Å². The number of pyridine rings is 1. The van der Waals surface area contributed by atoms with E-state index in [-0.39, 0.29) is 17.1 Å². The number of amides is 1. The molecule has 1 aromatic carbocycles. The maximum absolute atomic E-state index is 12.6. The molecule has 158 valence electrons. The first-order valence-corrected chi connectivity index (χ1v) is 10.7. The van der Waals surface area contributed by atoms with Crippen LogP contribution in [0.2, 0.25) is 0 Å². The molecule has 0 fully saturated rings. The van der Waals surface area contributed by atoms with Crippen molar-refractivity contribution in [2.45, 2.75) is 37.9 Å². The van der Waals surface area contributed by atoms with Crippen molar-refractivity contribution >= 4 is 23.4 Å². The molecular weight excluding hydrogens is 398 g/mol. The Bertz CT molecular complexity index is 983. The highest BCUT2D eigenvalue weighted by atomic mass is 32.2. The van der Waals surface area contributed by atoms with E-state index in [4.69, 9.17) is 4.74 Å². The van der Waals surface area contributed by atoms with E-state index in [0.717, 1.165) is 22.6 Å². The second kappa shape index (κ2) is 9.86. The number of anilines is 1. The number of methoxy groups -OCH3 is 1. The number of hydrogen-bond acceptors (Lipinski definition) is 6. The molecule has 1 amide bonds. The Morgan fingerprint density at radius 1 is 1.13 bits per heavy atom. The molecule has 0 saturated carbocycles. The summed E-state index contributed by atoms with van der Waals surface area (Å²) >= 11 is 1.36. The first-order chi connectivity index (χ1) is 14.4. The minimum Gasteiger partial charge on any atom is -0.383 e. The SMILES string of the molecule is COCCn1c(SCC(=O)Nc2ccccc2C(C)(C)C)nnc1-c1ccncc1. The van der Waals surface area contributed by atoms with Crippen LogP contribution in [0.25, 0.3) is 11.4 Å². The molecule has 7 nitrogen and oxygen atoms in total. The van der Waals surface area contributed by atoms with Crippen molar-refractivity contribution in [3.05, 3.63) is 54.4 Å². The second-order valence-electron chi connectivity index (χ2n) is 7.82. The molecule has 0 unspecified atom stereocenters. The lowest BCUT2D eigenvalue weighted by Gasteiger charge is -2.23. The quantitative estimate of drug-likeness (QED) is 0.549. The number of para-hydroxylation sites is 1. The number of hydrogen-bond donors (Lipinski definition) is 1. The van der Waals surface area contributed by atoms with Gasteiger partial charge in [-0.05, 0) is 29.2 Å². The van der Waals surface area contributed by atoms with Gasteiger partial charge in [-0.1, -0.05) is 50.7 Å². The summed E-state index contributed by atoms with van der Waals surface area (Å²) in [6, 6.07) is 11.7. The van der Waals surface area contributed by atoms with E-state index in [2.05, 4.69) is 41.3 Å². The minimum atomic E-state index is -0.0801. The third-order valence-electron chi connectivity index (χ3n) is 4.52. The van der Waals surface area contributed by atoms with Gasteiger partial charge in [0.25, 0.3) is 0 Å². The average Bonchev–Trinajstić information content (AvgIpc) is 3.13. The van der Waals surface area contributed by atoms with Crippen molar-refractivity contribution in [1.29, 1.82) is 0 Å². The van der Waals surface area contributed by atoms with E-state index < -0.39 is 0 Å². The van der Waals surface area contributed by atoms with Gasteiger partial charge in [0, 0.05) is 30.8 Å². The molecule has 0 aliphatic carbocycles. The third-order valence-corrected chi connectivity index (χ3v) is 5.48. The average molecular weight is 426 g/mol. The Hall–Kier alpha value is -2.71. The molecular formula is C22H27N5O2S. The van der Waals surface area contributed by atoms with Crippen LogP contribution in [-0.4, -0.2) is 45.1 Å². The Kier molecular flexibility index (Phi) is 7.23. The molecule has 0 radical (unpaired) electrons. The molecule has 0 saturated heterocycles. The van der Waals surface area contributed by atoms with Gasteiger partial charge in [-0.2, -0.15) is 0 Å². The number of nitrogens with one attached hydrogen (secondary N) is 1. The van der Waals surface area contributed by atoms with Crippen LogP contribution >= 0.6 is 11.8 Å². The maximum atomic E-state index is 12.6.